The Morgan fingerprint density at radius 3 is 2.40 bits per heavy atom. The van der Waals surface area contributed by atoms with Crippen molar-refractivity contribution in [2.75, 3.05) is 0 Å². The normalized spacial score (nSPS) is 11.2. The van der Waals surface area contributed by atoms with Crippen molar-refractivity contribution in [3.8, 4) is 5.88 Å². The number of halogens is 1. The summed E-state index contributed by atoms with van der Waals surface area (Å²) in [5.74, 6) is -0.507. The van der Waals surface area contributed by atoms with E-state index < -0.39 is 17.1 Å². The van der Waals surface area contributed by atoms with Crippen molar-refractivity contribution < 1.29 is 5.11 Å². The van der Waals surface area contributed by atoms with Gasteiger partial charge in [0.25, 0.3) is 5.56 Å². The molecule has 0 aliphatic carbocycles. The molecule has 1 N–H and O–H groups in total. The van der Waals surface area contributed by atoms with E-state index >= 15 is 0 Å². The smallest absolute Gasteiger partial charge is 0.333 e. The molecule has 0 bridgehead atoms. The van der Waals surface area contributed by atoms with Crippen LogP contribution in [-0.4, -0.2) is 14.2 Å². The lowest BCUT2D eigenvalue weighted by molar-refractivity contribution is 0.413. The second-order valence-corrected chi connectivity index (χ2v) is 5.19. The van der Waals surface area contributed by atoms with Crippen LogP contribution in [0.25, 0.3) is 0 Å². The van der Waals surface area contributed by atoms with Gasteiger partial charge in [-0.15, -0.1) is 10.2 Å². The highest BCUT2D eigenvalue weighted by atomic mass is 127. The SMILES string of the molecule is Cn1c(O)c(N=Nc2ccccc2I)c(=O)n(C)c1=O. The van der Waals surface area contributed by atoms with Gasteiger partial charge in [-0.3, -0.25) is 13.9 Å². The van der Waals surface area contributed by atoms with E-state index in [9.17, 15) is 14.7 Å². The summed E-state index contributed by atoms with van der Waals surface area (Å²) in [4.78, 5) is 23.5. The lowest BCUT2D eigenvalue weighted by atomic mass is 10.3. The summed E-state index contributed by atoms with van der Waals surface area (Å²) in [7, 11) is 2.66. The van der Waals surface area contributed by atoms with E-state index in [4.69, 9.17) is 0 Å². The Balaban J connectivity index is 2.59. The maximum Gasteiger partial charge on any atom is 0.333 e. The summed E-state index contributed by atoms with van der Waals surface area (Å²) >= 11 is 2.08. The van der Waals surface area contributed by atoms with Crippen LogP contribution in [0.5, 0.6) is 5.88 Å². The average Bonchev–Trinajstić information content (AvgIpc) is 2.45. The molecule has 1 heterocycles. The van der Waals surface area contributed by atoms with E-state index in [-0.39, 0.29) is 5.69 Å². The Labute approximate surface area is 127 Å². The molecular formula is C12H11IN4O3. The van der Waals surface area contributed by atoms with Crippen molar-refractivity contribution >= 4 is 34.0 Å². The van der Waals surface area contributed by atoms with E-state index in [0.29, 0.717) is 5.69 Å². The molecule has 2 aromatic rings. The molecule has 8 heteroatoms. The molecule has 2 rings (SSSR count). The van der Waals surface area contributed by atoms with Crippen LogP contribution in [0.3, 0.4) is 0 Å². The first kappa shape index (κ1) is 14.4. The molecule has 1 aromatic heterocycles. The molecule has 1 aromatic carbocycles. The minimum atomic E-state index is -0.694. The summed E-state index contributed by atoms with van der Waals surface area (Å²) < 4.78 is 2.66. The lowest BCUT2D eigenvalue weighted by Gasteiger charge is -2.06. The van der Waals surface area contributed by atoms with Gasteiger partial charge >= 0.3 is 5.69 Å². The summed E-state index contributed by atoms with van der Waals surface area (Å²) in [5, 5.41) is 17.5. The Morgan fingerprint density at radius 1 is 1.10 bits per heavy atom. The number of azo groups is 1. The Bertz CT molecular complexity index is 807. The van der Waals surface area contributed by atoms with Gasteiger partial charge in [0.2, 0.25) is 11.6 Å². The van der Waals surface area contributed by atoms with Crippen LogP contribution < -0.4 is 11.2 Å². The van der Waals surface area contributed by atoms with Crippen LogP contribution in [0.2, 0.25) is 0 Å². The number of hydrogen-bond acceptors (Lipinski definition) is 5. The highest BCUT2D eigenvalue weighted by Gasteiger charge is 2.14. The average molecular weight is 386 g/mol. The minimum absolute atomic E-state index is 0.269. The Kier molecular flexibility index (Phi) is 4.02. The fraction of sp³-hybridized carbons (Fsp3) is 0.167. The maximum absolute atomic E-state index is 11.9. The van der Waals surface area contributed by atoms with Crippen LogP contribution in [0, 0.1) is 3.57 Å². The van der Waals surface area contributed by atoms with Crippen LogP contribution in [0.1, 0.15) is 0 Å². The van der Waals surface area contributed by atoms with Crippen LogP contribution in [-0.2, 0) is 14.1 Å². The summed E-state index contributed by atoms with van der Waals surface area (Å²) in [6, 6.07) is 7.21. The van der Waals surface area contributed by atoms with Crippen molar-refractivity contribution in [1.82, 2.24) is 9.13 Å². The zero-order chi connectivity index (χ0) is 14.9. The van der Waals surface area contributed by atoms with Gasteiger partial charge in [0.05, 0.1) is 5.69 Å². The predicted octanol–water partition coefficient (Wildman–Crippen LogP) is 1.81. The molecule has 7 nitrogen and oxygen atoms in total. The number of hydrogen-bond donors (Lipinski definition) is 1. The van der Waals surface area contributed by atoms with Gasteiger partial charge in [-0.1, -0.05) is 12.1 Å². The third kappa shape index (κ3) is 2.50. The van der Waals surface area contributed by atoms with Crippen molar-refractivity contribution in [2.24, 2.45) is 24.3 Å². The fourth-order valence-corrected chi connectivity index (χ4v) is 2.04. The lowest BCUT2D eigenvalue weighted by Crippen LogP contribution is -2.36. The standard InChI is InChI=1S/C12H11IN4O3/c1-16-10(18)9(11(19)17(2)12(16)20)15-14-8-6-4-3-5-7(8)13/h3-6,18H,1-2H3. The zero-order valence-corrected chi connectivity index (χ0v) is 12.9. The molecule has 104 valence electrons. The third-order valence-electron chi connectivity index (χ3n) is 2.72. The number of benzene rings is 1. The first-order valence-corrected chi connectivity index (χ1v) is 6.66. The van der Waals surface area contributed by atoms with Gasteiger partial charge in [0.15, 0.2) is 0 Å². The molecule has 0 saturated heterocycles. The van der Waals surface area contributed by atoms with Crippen molar-refractivity contribution in [2.45, 2.75) is 0 Å². The van der Waals surface area contributed by atoms with Gasteiger partial charge in [0.1, 0.15) is 0 Å². The molecule has 0 aliphatic rings. The monoisotopic (exact) mass is 386 g/mol. The molecule has 0 fully saturated rings. The number of aromatic hydroxyl groups is 1. The van der Waals surface area contributed by atoms with E-state index in [2.05, 4.69) is 32.8 Å². The fourth-order valence-electron chi connectivity index (χ4n) is 1.54. The van der Waals surface area contributed by atoms with E-state index in [1.54, 1.807) is 12.1 Å². The highest BCUT2D eigenvalue weighted by Crippen LogP contribution is 2.25. The molecule has 0 spiro atoms. The molecular weight excluding hydrogens is 375 g/mol. The maximum atomic E-state index is 11.9. The molecule has 0 aliphatic heterocycles. The first-order valence-electron chi connectivity index (χ1n) is 5.58. The van der Waals surface area contributed by atoms with Gasteiger partial charge < -0.3 is 5.11 Å². The zero-order valence-electron chi connectivity index (χ0n) is 10.7. The second-order valence-electron chi connectivity index (χ2n) is 4.03. The molecule has 0 unspecified atom stereocenters. The molecule has 0 saturated carbocycles. The minimum Gasteiger partial charge on any atom is -0.493 e. The second kappa shape index (κ2) is 5.57. The molecule has 0 atom stereocenters. The van der Waals surface area contributed by atoms with Gasteiger partial charge in [0, 0.05) is 17.7 Å². The van der Waals surface area contributed by atoms with Crippen molar-refractivity contribution in [1.29, 1.82) is 0 Å². The summed E-state index contributed by atoms with van der Waals surface area (Å²) in [5.41, 5.74) is -1.02. The third-order valence-corrected chi connectivity index (χ3v) is 3.63. The van der Waals surface area contributed by atoms with E-state index in [1.165, 1.54) is 14.1 Å². The van der Waals surface area contributed by atoms with Gasteiger partial charge in [-0.25, -0.2) is 4.79 Å². The topological polar surface area (TPSA) is 88.9 Å². The van der Waals surface area contributed by atoms with Crippen LogP contribution >= 0.6 is 22.6 Å². The van der Waals surface area contributed by atoms with Crippen molar-refractivity contribution in [3.05, 3.63) is 48.7 Å². The largest absolute Gasteiger partial charge is 0.493 e. The number of nitrogens with zero attached hydrogens (tertiary/aromatic N) is 4. The highest BCUT2D eigenvalue weighted by molar-refractivity contribution is 14.1. The van der Waals surface area contributed by atoms with Crippen LogP contribution in [0.4, 0.5) is 11.4 Å². The van der Waals surface area contributed by atoms with E-state index in [0.717, 1.165) is 12.7 Å². The molecule has 20 heavy (non-hydrogen) atoms. The van der Waals surface area contributed by atoms with Gasteiger partial charge in [-0.05, 0) is 34.7 Å². The predicted molar refractivity (Wildman–Crippen MR) is 81.9 cm³/mol. The number of aromatic nitrogens is 2. The van der Waals surface area contributed by atoms with E-state index in [1.807, 2.05) is 12.1 Å². The molecule has 0 amide bonds. The van der Waals surface area contributed by atoms with Crippen molar-refractivity contribution in [3.63, 3.8) is 0 Å². The summed E-state index contributed by atoms with van der Waals surface area (Å²) in [6.07, 6.45) is 0. The first-order chi connectivity index (χ1) is 9.43. The Hall–Kier alpha value is -1.97. The van der Waals surface area contributed by atoms with Gasteiger partial charge in [-0.2, -0.15) is 0 Å². The van der Waals surface area contributed by atoms with Crippen LogP contribution in [0.15, 0.2) is 44.1 Å². The quantitative estimate of drug-likeness (QED) is 0.631. The summed E-state index contributed by atoms with van der Waals surface area (Å²) in [6.45, 7) is 0. The molecule has 0 radical (unpaired) electrons. The Morgan fingerprint density at radius 2 is 1.75 bits per heavy atom. The number of rotatable bonds is 2.